The topological polar surface area (TPSA) is 78.5 Å². The molecule has 18 heavy (non-hydrogen) atoms. The monoisotopic (exact) mass is 273 g/mol. The van der Waals surface area contributed by atoms with Crippen LogP contribution in [0.2, 0.25) is 0 Å². The number of amides is 4. The van der Waals surface area contributed by atoms with Gasteiger partial charge >= 0.3 is 6.03 Å². The molecule has 2 rings (SSSR count). The van der Waals surface area contributed by atoms with Gasteiger partial charge in [-0.05, 0) is 12.8 Å². The molecule has 1 unspecified atom stereocenters. The zero-order chi connectivity index (χ0) is 13.3. The van der Waals surface area contributed by atoms with Crippen molar-refractivity contribution >= 4 is 29.4 Å². The molecule has 0 radical (unpaired) electrons. The Kier molecular flexibility index (Phi) is 3.47. The van der Waals surface area contributed by atoms with Gasteiger partial charge in [-0.2, -0.15) is 0 Å². The number of hydrogen-bond donors (Lipinski definition) is 2. The molecule has 6 nitrogen and oxygen atoms in total. The molecule has 0 aromatic carbocycles. The lowest BCUT2D eigenvalue weighted by Gasteiger charge is -2.37. The lowest BCUT2D eigenvalue weighted by atomic mass is 9.87. The van der Waals surface area contributed by atoms with Crippen molar-refractivity contribution in [1.29, 1.82) is 0 Å². The number of hydrogen-bond acceptors (Lipinski definition) is 3. The number of likely N-dealkylation sites (tertiary alicyclic amines) is 1. The van der Waals surface area contributed by atoms with Crippen LogP contribution < -0.4 is 10.6 Å². The van der Waals surface area contributed by atoms with Gasteiger partial charge in [0, 0.05) is 24.9 Å². The quantitative estimate of drug-likeness (QED) is 0.552. The number of urea groups is 1. The van der Waals surface area contributed by atoms with Crippen LogP contribution >= 0.6 is 11.6 Å². The van der Waals surface area contributed by atoms with E-state index in [4.69, 9.17) is 11.6 Å². The van der Waals surface area contributed by atoms with Crippen LogP contribution in [0.3, 0.4) is 0 Å². The number of nitrogens with zero attached hydrogens (tertiary/aromatic N) is 1. The molecule has 2 aliphatic rings. The number of nitrogens with one attached hydrogen (secondary N) is 2. The van der Waals surface area contributed by atoms with Crippen LogP contribution in [0.5, 0.6) is 0 Å². The molecule has 0 aliphatic carbocycles. The Morgan fingerprint density at radius 1 is 1.44 bits per heavy atom. The van der Waals surface area contributed by atoms with Gasteiger partial charge in [0.1, 0.15) is 5.54 Å². The number of carbonyl (C=O) groups is 3. The van der Waals surface area contributed by atoms with Crippen LogP contribution in [0, 0.1) is 5.92 Å². The zero-order valence-corrected chi connectivity index (χ0v) is 10.9. The summed E-state index contributed by atoms with van der Waals surface area (Å²) in [6.45, 7) is 2.71. The van der Waals surface area contributed by atoms with E-state index in [-0.39, 0.29) is 23.6 Å². The van der Waals surface area contributed by atoms with Crippen LogP contribution in [0.15, 0.2) is 0 Å². The molecule has 2 saturated heterocycles. The van der Waals surface area contributed by atoms with Crippen LogP contribution in [-0.2, 0) is 9.59 Å². The van der Waals surface area contributed by atoms with Crippen molar-refractivity contribution in [3.63, 3.8) is 0 Å². The van der Waals surface area contributed by atoms with E-state index in [0.29, 0.717) is 25.9 Å². The summed E-state index contributed by atoms with van der Waals surface area (Å²) in [5.74, 6) is -0.209. The zero-order valence-electron chi connectivity index (χ0n) is 10.2. The molecule has 0 aromatic heterocycles. The van der Waals surface area contributed by atoms with E-state index in [1.165, 1.54) is 0 Å². The predicted molar refractivity (Wildman–Crippen MR) is 65.1 cm³/mol. The van der Waals surface area contributed by atoms with Crippen LogP contribution in [-0.4, -0.2) is 47.3 Å². The van der Waals surface area contributed by atoms with Gasteiger partial charge in [0.05, 0.1) is 0 Å². The Morgan fingerprint density at radius 2 is 2.06 bits per heavy atom. The van der Waals surface area contributed by atoms with Crippen LogP contribution in [0.4, 0.5) is 4.79 Å². The molecule has 2 N–H and O–H groups in total. The molecule has 2 aliphatic heterocycles. The first kappa shape index (κ1) is 13.1. The molecule has 0 aromatic rings. The second-order valence-electron chi connectivity index (χ2n) is 4.87. The van der Waals surface area contributed by atoms with Gasteiger partial charge in [-0.25, -0.2) is 4.79 Å². The highest BCUT2D eigenvalue weighted by molar-refractivity contribution is 6.19. The van der Waals surface area contributed by atoms with Gasteiger partial charge in [0.15, 0.2) is 0 Å². The lowest BCUT2D eigenvalue weighted by molar-refractivity contribution is -0.138. The molecule has 0 saturated carbocycles. The van der Waals surface area contributed by atoms with Crippen molar-refractivity contribution in [2.24, 2.45) is 5.92 Å². The number of halogens is 1. The first-order valence-corrected chi connectivity index (χ1v) is 6.50. The van der Waals surface area contributed by atoms with Crippen molar-refractivity contribution in [3.8, 4) is 0 Å². The standard InChI is InChI=1S/C11H16ClN3O3/c1-7(6-12)8(16)15-4-2-11(3-5-15)9(17)13-10(18)14-11/h7H,2-6H2,1H3,(H2,13,14,17,18). The summed E-state index contributed by atoms with van der Waals surface area (Å²) in [5, 5.41) is 4.90. The fourth-order valence-electron chi connectivity index (χ4n) is 2.37. The van der Waals surface area contributed by atoms with E-state index in [1.807, 2.05) is 0 Å². The second-order valence-corrected chi connectivity index (χ2v) is 5.18. The Bertz CT molecular complexity index is 391. The van der Waals surface area contributed by atoms with E-state index in [2.05, 4.69) is 10.6 Å². The average molecular weight is 274 g/mol. The van der Waals surface area contributed by atoms with Crippen molar-refractivity contribution in [2.75, 3.05) is 19.0 Å². The molecule has 0 bridgehead atoms. The molecular weight excluding hydrogens is 258 g/mol. The molecule has 2 fully saturated rings. The Hall–Kier alpha value is -1.30. The summed E-state index contributed by atoms with van der Waals surface area (Å²) in [7, 11) is 0. The minimum atomic E-state index is -0.821. The maximum Gasteiger partial charge on any atom is 0.322 e. The lowest BCUT2D eigenvalue weighted by Crippen LogP contribution is -2.56. The van der Waals surface area contributed by atoms with Crippen LogP contribution in [0.25, 0.3) is 0 Å². The van der Waals surface area contributed by atoms with Gasteiger partial charge in [0.2, 0.25) is 5.91 Å². The highest BCUT2D eigenvalue weighted by Gasteiger charge is 2.48. The van der Waals surface area contributed by atoms with E-state index in [1.54, 1.807) is 11.8 Å². The summed E-state index contributed by atoms with van der Waals surface area (Å²) in [4.78, 5) is 36.5. The third-order valence-electron chi connectivity index (χ3n) is 3.60. The largest absolute Gasteiger partial charge is 0.342 e. The molecular formula is C11H16ClN3O3. The smallest absolute Gasteiger partial charge is 0.322 e. The van der Waals surface area contributed by atoms with E-state index >= 15 is 0 Å². The fourth-order valence-corrected chi connectivity index (χ4v) is 2.50. The maximum absolute atomic E-state index is 11.9. The SMILES string of the molecule is CC(CCl)C(=O)N1CCC2(CC1)NC(=O)NC2=O. The van der Waals surface area contributed by atoms with Crippen molar-refractivity contribution in [2.45, 2.75) is 25.3 Å². The highest BCUT2D eigenvalue weighted by atomic mass is 35.5. The van der Waals surface area contributed by atoms with E-state index in [9.17, 15) is 14.4 Å². The summed E-state index contributed by atoms with van der Waals surface area (Å²) in [5.41, 5.74) is -0.821. The van der Waals surface area contributed by atoms with Crippen molar-refractivity contribution < 1.29 is 14.4 Å². The van der Waals surface area contributed by atoms with Crippen LogP contribution in [0.1, 0.15) is 19.8 Å². The second kappa shape index (κ2) is 4.76. The van der Waals surface area contributed by atoms with Gasteiger partial charge in [-0.3, -0.25) is 14.9 Å². The number of rotatable bonds is 2. The molecule has 7 heteroatoms. The molecule has 1 spiro atoms. The van der Waals surface area contributed by atoms with Gasteiger partial charge in [0.25, 0.3) is 5.91 Å². The summed E-state index contributed by atoms with van der Waals surface area (Å²) in [6, 6.07) is -0.450. The normalized spacial score (nSPS) is 23.8. The molecule has 1 atom stereocenters. The minimum absolute atomic E-state index is 0.00424. The van der Waals surface area contributed by atoms with Gasteiger partial charge in [-0.1, -0.05) is 6.92 Å². The summed E-state index contributed by atoms with van der Waals surface area (Å²) < 4.78 is 0. The first-order valence-electron chi connectivity index (χ1n) is 5.97. The predicted octanol–water partition coefficient (Wildman–Crippen LogP) is 0.0619. The molecule has 2 heterocycles. The Labute approximate surface area is 110 Å². The van der Waals surface area contributed by atoms with Crippen molar-refractivity contribution in [1.82, 2.24) is 15.5 Å². The Morgan fingerprint density at radius 3 is 2.50 bits per heavy atom. The van der Waals surface area contributed by atoms with Gasteiger partial charge in [-0.15, -0.1) is 11.6 Å². The number of carbonyl (C=O) groups excluding carboxylic acids is 3. The molecule has 100 valence electrons. The average Bonchev–Trinajstić information content (AvgIpc) is 2.63. The highest BCUT2D eigenvalue weighted by Crippen LogP contribution is 2.26. The Balaban J connectivity index is 1.98. The van der Waals surface area contributed by atoms with Gasteiger partial charge < -0.3 is 10.2 Å². The first-order chi connectivity index (χ1) is 8.48. The fraction of sp³-hybridized carbons (Fsp3) is 0.727. The third-order valence-corrected chi connectivity index (χ3v) is 4.06. The summed E-state index contributed by atoms with van der Waals surface area (Å²) >= 11 is 5.66. The molecule has 4 amide bonds. The summed E-state index contributed by atoms with van der Waals surface area (Å²) in [6.07, 6.45) is 0.899. The maximum atomic E-state index is 11.9. The minimum Gasteiger partial charge on any atom is -0.342 e. The number of piperidine rings is 1. The van der Waals surface area contributed by atoms with E-state index < -0.39 is 11.6 Å². The number of imide groups is 1. The van der Waals surface area contributed by atoms with Crippen molar-refractivity contribution in [3.05, 3.63) is 0 Å². The number of alkyl halides is 1. The third kappa shape index (κ3) is 2.16. The van der Waals surface area contributed by atoms with E-state index in [0.717, 1.165) is 0 Å².